The summed E-state index contributed by atoms with van der Waals surface area (Å²) in [6.07, 6.45) is 1.27. The molecule has 0 atom stereocenters. The highest BCUT2D eigenvalue weighted by atomic mass is 32.2. The van der Waals surface area contributed by atoms with Crippen LogP contribution in [0.15, 0.2) is 79.4 Å². The third-order valence-corrected chi connectivity index (χ3v) is 5.95. The van der Waals surface area contributed by atoms with Crippen LogP contribution >= 0.6 is 11.3 Å². The van der Waals surface area contributed by atoms with E-state index in [0.717, 1.165) is 5.56 Å². The number of alkyl halides is 3. The van der Waals surface area contributed by atoms with Gasteiger partial charge in [-0.2, -0.15) is 13.2 Å². The summed E-state index contributed by atoms with van der Waals surface area (Å²) in [5, 5.41) is 2.57. The van der Waals surface area contributed by atoms with Gasteiger partial charge >= 0.3 is 11.5 Å². The second-order valence-electron chi connectivity index (χ2n) is 6.35. The van der Waals surface area contributed by atoms with Crippen LogP contribution in [0.3, 0.4) is 0 Å². The molecule has 10 heteroatoms. The van der Waals surface area contributed by atoms with Crippen molar-refractivity contribution in [1.29, 1.82) is 0 Å². The highest BCUT2D eigenvalue weighted by molar-refractivity contribution is 7.86. The van der Waals surface area contributed by atoms with Gasteiger partial charge in [0.05, 0.1) is 6.08 Å². The van der Waals surface area contributed by atoms with Crippen molar-refractivity contribution in [1.82, 2.24) is 0 Å². The molecule has 0 amide bonds. The zero-order valence-electron chi connectivity index (χ0n) is 16.2. The van der Waals surface area contributed by atoms with Gasteiger partial charge in [0.25, 0.3) is 0 Å². The van der Waals surface area contributed by atoms with Gasteiger partial charge in [-0.15, -0.1) is 11.3 Å². The van der Waals surface area contributed by atoms with Crippen molar-refractivity contribution in [2.24, 2.45) is 0 Å². The van der Waals surface area contributed by atoms with E-state index in [1.165, 1.54) is 31.8 Å². The monoisotopic (exact) mass is 480 g/mol. The molecule has 4 aromatic rings. The maximum Gasteiger partial charge on any atom is 0.515 e. The fourth-order valence-electron chi connectivity index (χ4n) is 2.88. The molecule has 0 bridgehead atoms. The number of rotatable bonds is 3. The Hall–Kier alpha value is -3.21. The first-order chi connectivity index (χ1) is 15.0. The first-order valence-electron chi connectivity index (χ1n) is 8.90. The van der Waals surface area contributed by atoms with Crippen LogP contribution in [0.25, 0.3) is 31.3 Å². The van der Waals surface area contributed by atoms with E-state index in [1.54, 1.807) is 0 Å². The molecule has 0 radical (unpaired) electrons. The molecule has 5 nitrogen and oxygen atoms in total. The maximum absolute atomic E-state index is 10.7. The lowest BCUT2D eigenvalue weighted by atomic mass is 9.99. The van der Waals surface area contributed by atoms with Gasteiger partial charge in [-0.1, -0.05) is 36.9 Å². The summed E-state index contributed by atoms with van der Waals surface area (Å²) in [5.74, 6) is 0.382. The largest absolute Gasteiger partial charge is 0.741 e. The predicted molar refractivity (Wildman–Crippen MR) is 118 cm³/mol. The Kier molecular flexibility index (Phi) is 6.68. The molecular weight excluding hydrogens is 465 g/mol. The Morgan fingerprint density at radius 1 is 1.00 bits per heavy atom. The summed E-state index contributed by atoms with van der Waals surface area (Å²) in [6.45, 7) is 3.47. The van der Waals surface area contributed by atoms with E-state index in [1.807, 2.05) is 35.6 Å². The molecule has 4 rings (SSSR count). The smallest absolute Gasteiger partial charge is 0.515 e. The van der Waals surface area contributed by atoms with Crippen molar-refractivity contribution in [2.45, 2.75) is 5.51 Å². The summed E-state index contributed by atoms with van der Waals surface area (Å²) in [4.78, 5) is 9.41. The average Bonchev–Trinajstić information content (AvgIpc) is 3.12. The normalized spacial score (nSPS) is 11.6. The van der Waals surface area contributed by atoms with E-state index >= 15 is 0 Å². The summed E-state index contributed by atoms with van der Waals surface area (Å²) in [7, 11) is -6.09. The van der Waals surface area contributed by atoms with E-state index in [2.05, 4.69) is 49.0 Å². The number of thiophene rings is 1. The Morgan fingerprint density at radius 3 is 2.19 bits per heavy atom. The molecule has 0 aliphatic carbocycles. The molecule has 0 aliphatic heterocycles. The molecule has 0 unspecified atom stereocenters. The highest BCUT2D eigenvalue weighted by Crippen LogP contribution is 2.40. The van der Waals surface area contributed by atoms with Gasteiger partial charge in [-0.05, 0) is 35.4 Å². The second-order valence-corrected chi connectivity index (χ2v) is 8.80. The van der Waals surface area contributed by atoms with E-state index in [9.17, 15) is 18.0 Å². The van der Waals surface area contributed by atoms with Crippen LogP contribution in [-0.2, 0) is 10.1 Å². The lowest BCUT2D eigenvalue weighted by molar-refractivity contribution is -0.0517. The maximum atomic E-state index is 10.7. The van der Waals surface area contributed by atoms with Crippen LogP contribution in [0, 0.1) is 0 Å². The van der Waals surface area contributed by atoms with Gasteiger partial charge in [-0.25, -0.2) is 8.42 Å². The van der Waals surface area contributed by atoms with Crippen LogP contribution in [0.1, 0.15) is 0 Å². The Balaban J connectivity index is 0.000000312. The van der Waals surface area contributed by atoms with Crippen LogP contribution in [0.5, 0.6) is 5.75 Å². The molecule has 166 valence electrons. The molecular formula is C22H15F3O5S2. The minimum Gasteiger partial charge on any atom is -0.741 e. The minimum atomic E-state index is -6.09. The number of benzene rings is 3. The number of ether oxygens (including phenoxy) is 1. The molecule has 0 aliphatic rings. The summed E-state index contributed by atoms with van der Waals surface area (Å²) >= 11 is 1.81. The zero-order chi connectivity index (χ0) is 23.5. The third-order valence-electron chi connectivity index (χ3n) is 4.25. The van der Waals surface area contributed by atoms with Gasteiger partial charge in [0.15, 0.2) is 10.1 Å². The highest BCUT2D eigenvalue weighted by Gasteiger charge is 2.36. The van der Waals surface area contributed by atoms with Crippen molar-refractivity contribution in [2.75, 3.05) is 0 Å². The summed E-state index contributed by atoms with van der Waals surface area (Å²) in [6, 6.07) is 22.6. The average molecular weight is 480 g/mol. The molecule has 3 aromatic carbocycles. The van der Waals surface area contributed by atoms with E-state index in [4.69, 9.17) is 17.7 Å². The Bertz CT molecular complexity index is 1390. The minimum absolute atomic E-state index is 0.200. The Labute approximate surface area is 185 Å². The number of hydrogen-bond acceptors (Lipinski definition) is 5. The van der Waals surface area contributed by atoms with E-state index < -0.39 is 15.6 Å². The molecule has 0 saturated heterocycles. The lowest BCUT2D eigenvalue weighted by Gasteiger charge is -2.08. The fourth-order valence-corrected chi connectivity index (χ4v) is 4.01. The SMILES string of the molecule is C=CC(=[OH+])Oc1ccc(-c2cccc3sc4ccccc4c23)cc1.O=S(=O)([O-])C(F)(F)F. The summed E-state index contributed by atoms with van der Waals surface area (Å²) < 4.78 is 66.7. The molecule has 1 N–H and O–H groups in total. The Morgan fingerprint density at radius 2 is 1.59 bits per heavy atom. The number of halogens is 3. The van der Waals surface area contributed by atoms with Crippen LogP contribution < -0.4 is 4.74 Å². The van der Waals surface area contributed by atoms with Crippen molar-refractivity contribution < 1.29 is 35.7 Å². The third kappa shape index (κ3) is 5.16. The van der Waals surface area contributed by atoms with Crippen molar-refractivity contribution in [3.63, 3.8) is 0 Å². The zero-order valence-corrected chi connectivity index (χ0v) is 17.8. The lowest BCUT2D eigenvalue weighted by Crippen LogP contribution is -2.21. The van der Waals surface area contributed by atoms with Gasteiger partial charge in [-0.3, -0.25) is 4.74 Å². The molecule has 0 saturated carbocycles. The van der Waals surface area contributed by atoms with Crippen LogP contribution in [0.2, 0.25) is 0 Å². The van der Waals surface area contributed by atoms with E-state index in [-0.39, 0.29) is 5.97 Å². The van der Waals surface area contributed by atoms with Gasteiger partial charge in [0, 0.05) is 32.3 Å². The van der Waals surface area contributed by atoms with Crippen molar-refractivity contribution >= 4 is 47.6 Å². The van der Waals surface area contributed by atoms with Gasteiger partial charge < -0.3 is 9.35 Å². The number of hydrogen-bond donors (Lipinski definition) is 0. The van der Waals surface area contributed by atoms with Crippen molar-refractivity contribution in [3.8, 4) is 16.9 Å². The van der Waals surface area contributed by atoms with E-state index in [0.29, 0.717) is 5.75 Å². The van der Waals surface area contributed by atoms with Crippen LogP contribution in [-0.4, -0.2) is 29.2 Å². The van der Waals surface area contributed by atoms with Gasteiger partial charge in [0.2, 0.25) is 5.75 Å². The first kappa shape index (κ1) is 23.5. The fraction of sp³-hybridized carbons (Fsp3) is 0.0455. The number of carbonyl (C=O) groups excluding carboxylic acids is 1. The van der Waals surface area contributed by atoms with Gasteiger partial charge in [0.1, 0.15) is 0 Å². The predicted octanol–water partition coefficient (Wildman–Crippen LogP) is 5.84. The quantitative estimate of drug-likeness (QED) is 0.0920. The molecule has 0 fully saturated rings. The van der Waals surface area contributed by atoms with Crippen LogP contribution in [0.4, 0.5) is 13.2 Å². The number of fused-ring (bicyclic) bond motifs is 3. The molecule has 1 heterocycles. The summed E-state index contributed by atoms with van der Waals surface area (Å²) in [5.41, 5.74) is -3.32. The first-order valence-corrected chi connectivity index (χ1v) is 11.1. The molecule has 1 aromatic heterocycles. The molecule has 32 heavy (non-hydrogen) atoms. The molecule has 0 spiro atoms. The van der Waals surface area contributed by atoms with Crippen molar-refractivity contribution in [3.05, 3.63) is 79.4 Å². The number of esters is 1. The standard InChI is InChI=1S/C21H14O2S.CHF3O3S/c1-2-20(22)23-15-12-10-14(11-13-15)16-7-5-9-19-21(16)17-6-3-4-8-18(17)24-19;2-1(3,4)8(5,6)7/h2-13H,1H2;(H,5,6,7). The second kappa shape index (κ2) is 9.11. The topological polar surface area (TPSA) is 87.8 Å².